The van der Waals surface area contributed by atoms with Crippen molar-refractivity contribution in [1.29, 1.82) is 0 Å². The summed E-state index contributed by atoms with van der Waals surface area (Å²) in [7, 11) is 3.92. The van der Waals surface area contributed by atoms with Gasteiger partial charge in [-0.1, -0.05) is 91.0 Å². The molecule has 3 heteroatoms. The summed E-state index contributed by atoms with van der Waals surface area (Å²) in [5, 5.41) is 0. The number of hydrogen-bond donors (Lipinski definition) is 0. The highest BCUT2D eigenvalue weighted by molar-refractivity contribution is 5.99. The fourth-order valence-corrected chi connectivity index (χ4v) is 4.37. The first kappa shape index (κ1) is 19.2. The van der Waals surface area contributed by atoms with E-state index in [-0.39, 0.29) is 5.78 Å². The second-order valence-electron chi connectivity index (χ2n) is 7.71. The molecule has 0 saturated carbocycles. The molecule has 1 saturated heterocycles. The minimum atomic E-state index is -0.540. The predicted octanol–water partition coefficient (Wildman–Crippen LogP) is 4.31. The number of Topliss-reactive ketones (excluding diaryl/α,β-unsaturated/α-hetero) is 1. The van der Waals surface area contributed by atoms with Gasteiger partial charge in [-0.05, 0) is 16.7 Å². The summed E-state index contributed by atoms with van der Waals surface area (Å²) in [5.74, 6) is 0.186. The SMILES string of the molecule is CN(C)/C=C1\CN(C(c2ccccc2)(c2ccccc2)c2ccccc2)CC1=O. The molecule has 0 aliphatic carbocycles. The first-order chi connectivity index (χ1) is 14.1. The standard InChI is InChI=1S/C26H26N2O/c1-27(2)18-21-19-28(20-25(21)29)26(22-12-6-3-7-13-22,23-14-8-4-9-15-23)24-16-10-5-11-17-24/h3-18H,19-20H2,1-2H3/b21-18+. The average molecular weight is 383 g/mol. The maximum atomic E-state index is 12.9. The van der Waals surface area contributed by atoms with Crippen molar-refractivity contribution < 1.29 is 4.79 Å². The number of carbonyl (C=O) groups excluding carboxylic acids is 1. The number of carbonyl (C=O) groups is 1. The van der Waals surface area contributed by atoms with Gasteiger partial charge in [0.25, 0.3) is 0 Å². The smallest absolute Gasteiger partial charge is 0.175 e. The number of rotatable bonds is 5. The molecular formula is C26H26N2O. The van der Waals surface area contributed by atoms with Crippen molar-refractivity contribution in [3.05, 3.63) is 119 Å². The van der Waals surface area contributed by atoms with E-state index in [0.29, 0.717) is 13.1 Å². The highest BCUT2D eigenvalue weighted by Crippen LogP contribution is 2.44. The molecule has 1 aliphatic rings. The monoisotopic (exact) mass is 382 g/mol. The molecule has 1 fully saturated rings. The Morgan fingerprint density at radius 1 is 0.724 bits per heavy atom. The van der Waals surface area contributed by atoms with Gasteiger partial charge in [-0.25, -0.2) is 0 Å². The topological polar surface area (TPSA) is 23.6 Å². The van der Waals surface area contributed by atoms with Crippen molar-refractivity contribution in [3.8, 4) is 0 Å². The molecule has 1 heterocycles. The highest BCUT2D eigenvalue weighted by atomic mass is 16.1. The van der Waals surface area contributed by atoms with E-state index in [1.54, 1.807) is 0 Å². The molecule has 146 valence electrons. The fraction of sp³-hybridized carbons (Fsp3) is 0.192. The summed E-state index contributed by atoms with van der Waals surface area (Å²) in [6.07, 6.45) is 1.95. The minimum absolute atomic E-state index is 0.186. The summed E-state index contributed by atoms with van der Waals surface area (Å²) >= 11 is 0. The molecule has 0 amide bonds. The lowest BCUT2D eigenvalue weighted by molar-refractivity contribution is -0.114. The Hall–Kier alpha value is -3.17. The quantitative estimate of drug-likeness (QED) is 0.485. The van der Waals surface area contributed by atoms with Crippen LogP contribution < -0.4 is 0 Å². The Labute approximate surface area is 172 Å². The molecule has 0 spiro atoms. The number of nitrogens with zero attached hydrogens (tertiary/aromatic N) is 2. The van der Waals surface area contributed by atoms with Gasteiger partial charge in [-0.15, -0.1) is 0 Å². The Kier molecular flexibility index (Phi) is 5.32. The Balaban J connectivity index is 1.98. The third-order valence-electron chi connectivity index (χ3n) is 5.52. The Bertz CT molecular complexity index is 898. The zero-order chi connectivity index (χ0) is 20.3. The second-order valence-corrected chi connectivity index (χ2v) is 7.71. The zero-order valence-electron chi connectivity index (χ0n) is 17.0. The van der Waals surface area contributed by atoms with E-state index in [9.17, 15) is 4.79 Å². The fourth-order valence-electron chi connectivity index (χ4n) is 4.37. The first-order valence-corrected chi connectivity index (χ1v) is 9.94. The van der Waals surface area contributed by atoms with E-state index in [1.807, 2.05) is 43.4 Å². The third kappa shape index (κ3) is 3.50. The van der Waals surface area contributed by atoms with Crippen molar-refractivity contribution >= 4 is 5.78 Å². The molecule has 0 aromatic heterocycles. The van der Waals surface area contributed by atoms with E-state index in [2.05, 4.69) is 77.7 Å². The molecule has 3 aromatic rings. The molecule has 0 bridgehead atoms. The second kappa shape index (κ2) is 8.06. The van der Waals surface area contributed by atoms with Gasteiger partial charge in [0.1, 0.15) is 0 Å². The molecule has 4 rings (SSSR count). The van der Waals surface area contributed by atoms with E-state index in [1.165, 1.54) is 0 Å². The Morgan fingerprint density at radius 3 is 1.52 bits per heavy atom. The summed E-state index contributed by atoms with van der Waals surface area (Å²) in [5.41, 5.74) is 3.80. The van der Waals surface area contributed by atoms with Crippen LogP contribution in [0.5, 0.6) is 0 Å². The van der Waals surface area contributed by atoms with Gasteiger partial charge in [-0.3, -0.25) is 9.69 Å². The summed E-state index contributed by atoms with van der Waals surface area (Å²) in [6, 6.07) is 31.5. The lowest BCUT2D eigenvalue weighted by Crippen LogP contribution is -2.47. The van der Waals surface area contributed by atoms with E-state index in [4.69, 9.17) is 0 Å². The molecule has 29 heavy (non-hydrogen) atoms. The van der Waals surface area contributed by atoms with Crippen molar-refractivity contribution in [2.24, 2.45) is 0 Å². The van der Waals surface area contributed by atoms with Gasteiger partial charge < -0.3 is 4.90 Å². The molecule has 3 aromatic carbocycles. The highest BCUT2D eigenvalue weighted by Gasteiger charge is 2.46. The number of benzene rings is 3. The molecule has 0 radical (unpaired) electrons. The van der Waals surface area contributed by atoms with Gasteiger partial charge in [0.2, 0.25) is 0 Å². The van der Waals surface area contributed by atoms with Crippen LogP contribution >= 0.6 is 0 Å². The lowest BCUT2D eigenvalue weighted by Gasteiger charge is -2.43. The van der Waals surface area contributed by atoms with Crippen LogP contribution in [0.4, 0.5) is 0 Å². The van der Waals surface area contributed by atoms with Crippen LogP contribution in [0, 0.1) is 0 Å². The molecule has 0 unspecified atom stereocenters. The van der Waals surface area contributed by atoms with Crippen LogP contribution in [0.2, 0.25) is 0 Å². The van der Waals surface area contributed by atoms with Crippen LogP contribution in [0.15, 0.2) is 103 Å². The molecule has 3 nitrogen and oxygen atoms in total. The summed E-state index contributed by atoms with van der Waals surface area (Å²) in [6.45, 7) is 0.994. The normalized spacial score (nSPS) is 16.3. The van der Waals surface area contributed by atoms with E-state index < -0.39 is 5.54 Å². The van der Waals surface area contributed by atoms with Crippen molar-refractivity contribution in [2.75, 3.05) is 27.2 Å². The molecule has 0 atom stereocenters. The van der Waals surface area contributed by atoms with E-state index in [0.717, 1.165) is 22.3 Å². The number of hydrogen-bond acceptors (Lipinski definition) is 3. The van der Waals surface area contributed by atoms with Gasteiger partial charge >= 0.3 is 0 Å². The molecular weight excluding hydrogens is 356 g/mol. The van der Waals surface area contributed by atoms with Crippen LogP contribution in [0.1, 0.15) is 16.7 Å². The number of ketones is 1. The largest absolute Gasteiger partial charge is 0.383 e. The van der Waals surface area contributed by atoms with E-state index >= 15 is 0 Å². The average Bonchev–Trinajstić information content (AvgIpc) is 3.11. The van der Waals surface area contributed by atoms with Gasteiger partial charge in [0.15, 0.2) is 5.78 Å². The Morgan fingerprint density at radius 2 is 1.14 bits per heavy atom. The van der Waals surface area contributed by atoms with Crippen molar-refractivity contribution in [3.63, 3.8) is 0 Å². The molecule has 1 aliphatic heterocycles. The minimum Gasteiger partial charge on any atom is -0.383 e. The third-order valence-corrected chi connectivity index (χ3v) is 5.52. The van der Waals surface area contributed by atoms with Crippen LogP contribution in [-0.4, -0.2) is 42.8 Å². The maximum absolute atomic E-state index is 12.9. The lowest BCUT2D eigenvalue weighted by atomic mass is 9.75. The first-order valence-electron chi connectivity index (χ1n) is 9.94. The predicted molar refractivity (Wildman–Crippen MR) is 118 cm³/mol. The van der Waals surface area contributed by atoms with Gasteiger partial charge in [0.05, 0.1) is 12.1 Å². The van der Waals surface area contributed by atoms with Crippen LogP contribution in [0.3, 0.4) is 0 Å². The summed E-state index contributed by atoms with van der Waals surface area (Å²) in [4.78, 5) is 17.2. The van der Waals surface area contributed by atoms with Crippen LogP contribution in [0.25, 0.3) is 0 Å². The molecule has 0 N–H and O–H groups in total. The van der Waals surface area contributed by atoms with Crippen LogP contribution in [-0.2, 0) is 10.3 Å². The van der Waals surface area contributed by atoms with Gasteiger partial charge in [-0.2, -0.15) is 0 Å². The summed E-state index contributed by atoms with van der Waals surface area (Å²) < 4.78 is 0. The zero-order valence-corrected chi connectivity index (χ0v) is 17.0. The van der Waals surface area contributed by atoms with Gasteiger partial charge in [0, 0.05) is 32.4 Å². The number of likely N-dealkylation sites (tertiary alicyclic amines) is 1. The van der Waals surface area contributed by atoms with Crippen molar-refractivity contribution in [1.82, 2.24) is 9.80 Å². The van der Waals surface area contributed by atoms with Crippen molar-refractivity contribution in [2.45, 2.75) is 5.54 Å². The maximum Gasteiger partial charge on any atom is 0.175 e.